The summed E-state index contributed by atoms with van der Waals surface area (Å²) in [4.78, 5) is 32.3. The summed E-state index contributed by atoms with van der Waals surface area (Å²) in [5, 5.41) is 21.9. The second-order valence-electron chi connectivity index (χ2n) is 3.20. The molecule has 16 heavy (non-hydrogen) atoms. The highest BCUT2D eigenvalue weighted by atomic mass is 16.4. The summed E-state index contributed by atoms with van der Waals surface area (Å²) in [7, 11) is 0. The molecule has 7 nitrogen and oxygen atoms in total. The maximum Gasteiger partial charge on any atom is 0.326 e. The van der Waals surface area contributed by atoms with Crippen molar-refractivity contribution in [2.75, 3.05) is 13.2 Å². The topological polar surface area (TPSA) is 116 Å². The van der Waals surface area contributed by atoms with Crippen molar-refractivity contribution in [1.29, 1.82) is 0 Å². The first kappa shape index (κ1) is 14.4. The van der Waals surface area contributed by atoms with Crippen molar-refractivity contribution < 1.29 is 24.6 Å². The van der Waals surface area contributed by atoms with E-state index >= 15 is 0 Å². The summed E-state index contributed by atoms with van der Waals surface area (Å²) >= 11 is 0. The summed E-state index contributed by atoms with van der Waals surface area (Å²) in [5.74, 6) is -1.92. The molecule has 0 rings (SSSR count). The van der Waals surface area contributed by atoms with Crippen LogP contribution in [-0.2, 0) is 14.4 Å². The molecular weight excluding hydrogens is 216 g/mol. The molecule has 0 bridgehead atoms. The van der Waals surface area contributed by atoms with Crippen LogP contribution < -0.4 is 10.6 Å². The van der Waals surface area contributed by atoms with Gasteiger partial charge in [-0.3, -0.25) is 9.59 Å². The molecule has 0 aliphatic carbocycles. The SMILES string of the molecule is CC(=O)NCCC(=O)NC(CCO)C(=O)O. The first-order valence-electron chi connectivity index (χ1n) is 4.84. The van der Waals surface area contributed by atoms with Gasteiger partial charge in [0, 0.05) is 32.9 Å². The molecule has 92 valence electrons. The van der Waals surface area contributed by atoms with E-state index in [0.717, 1.165) is 0 Å². The van der Waals surface area contributed by atoms with Crippen molar-refractivity contribution in [2.24, 2.45) is 0 Å². The number of carboxylic acid groups (broad SMARTS) is 1. The fourth-order valence-corrected chi connectivity index (χ4v) is 1.01. The molecule has 0 heterocycles. The minimum Gasteiger partial charge on any atom is -0.480 e. The highest BCUT2D eigenvalue weighted by Gasteiger charge is 2.18. The Bertz CT molecular complexity index is 267. The number of rotatable bonds is 7. The Morgan fingerprint density at radius 3 is 2.38 bits per heavy atom. The molecular formula is C9H16N2O5. The fourth-order valence-electron chi connectivity index (χ4n) is 1.01. The highest BCUT2D eigenvalue weighted by molar-refractivity contribution is 5.84. The first-order valence-corrected chi connectivity index (χ1v) is 4.84. The Morgan fingerprint density at radius 2 is 1.94 bits per heavy atom. The van der Waals surface area contributed by atoms with E-state index < -0.39 is 17.9 Å². The third-order valence-corrected chi connectivity index (χ3v) is 1.78. The molecule has 4 N–H and O–H groups in total. The molecule has 2 amide bonds. The zero-order chi connectivity index (χ0) is 12.6. The summed E-state index contributed by atoms with van der Waals surface area (Å²) in [6.45, 7) is 1.17. The number of carboxylic acids is 1. The maximum absolute atomic E-state index is 11.2. The average Bonchev–Trinajstić information content (AvgIpc) is 2.16. The summed E-state index contributed by atoms with van der Waals surface area (Å²) in [5.41, 5.74) is 0. The van der Waals surface area contributed by atoms with Gasteiger partial charge in [-0.25, -0.2) is 4.79 Å². The number of hydrogen-bond donors (Lipinski definition) is 4. The fraction of sp³-hybridized carbons (Fsp3) is 0.667. The molecule has 0 saturated carbocycles. The van der Waals surface area contributed by atoms with Crippen molar-refractivity contribution in [3.05, 3.63) is 0 Å². The van der Waals surface area contributed by atoms with Gasteiger partial charge >= 0.3 is 5.97 Å². The van der Waals surface area contributed by atoms with E-state index in [2.05, 4.69) is 10.6 Å². The van der Waals surface area contributed by atoms with E-state index in [1.807, 2.05) is 0 Å². The van der Waals surface area contributed by atoms with Crippen LogP contribution in [0.25, 0.3) is 0 Å². The Hall–Kier alpha value is -1.63. The van der Waals surface area contributed by atoms with Crippen molar-refractivity contribution >= 4 is 17.8 Å². The lowest BCUT2D eigenvalue weighted by atomic mass is 10.2. The van der Waals surface area contributed by atoms with Crippen LogP contribution >= 0.6 is 0 Å². The van der Waals surface area contributed by atoms with Gasteiger partial charge in [0.2, 0.25) is 11.8 Å². The van der Waals surface area contributed by atoms with Crippen LogP contribution in [0.4, 0.5) is 0 Å². The lowest BCUT2D eigenvalue weighted by Gasteiger charge is -2.13. The van der Waals surface area contributed by atoms with Gasteiger partial charge in [0.15, 0.2) is 0 Å². The van der Waals surface area contributed by atoms with Gasteiger partial charge in [-0.05, 0) is 0 Å². The summed E-state index contributed by atoms with van der Waals surface area (Å²) in [6, 6.07) is -1.09. The molecule has 0 aromatic rings. The van der Waals surface area contributed by atoms with Crippen molar-refractivity contribution in [2.45, 2.75) is 25.8 Å². The molecule has 0 aromatic heterocycles. The van der Waals surface area contributed by atoms with E-state index in [4.69, 9.17) is 10.2 Å². The lowest BCUT2D eigenvalue weighted by molar-refractivity contribution is -0.142. The number of nitrogens with one attached hydrogen (secondary N) is 2. The van der Waals surface area contributed by atoms with Crippen molar-refractivity contribution in [3.8, 4) is 0 Å². The Morgan fingerprint density at radius 1 is 1.31 bits per heavy atom. The van der Waals surface area contributed by atoms with Gasteiger partial charge in [0.25, 0.3) is 0 Å². The molecule has 0 fully saturated rings. The second-order valence-corrected chi connectivity index (χ2v) is 3.20. The van der Waals surface area contributed by atoms with Gasteiger partial charge in [-0.2, -0.15) is 0 Å². The van der Waals surface area contributed by atoms with Crippen LogP contribution in [-0.4, -0.2) is 47.2 Å². The molecule has 0 radical (unpaired) electrons. The van der Waals surface area contributed by atoms with E-state index in [1.165, 1.54) is 6.92 Å². The molecule has 0 aliphatic rings. The normalized spacial score (nSPS) is 11.6. The number of hydrogen-bond acceptors (Lipinski definition) is 4. The maximum atomic E-state index is 11.2. The van der Waals surface area contributed by atoms with Crippen LogP contribution in [0, 0.1) is 0 Å². The van der Waals surface area contributed by atoms with E-state index in [0.29, 0.717) is 0 Å². The highest BCUT2D eigenvalue weighted by Crippen LogP contribution is 1.92. The number of amides is 2. The molecule has 0 aromatic carbocycles. The minimum absolute atomic E-state index is 0.00872. The largest absolute Gasteiger partial charge is 0.480 e. The van der Waals surface area contributed by atoms with E-state index in [-0.39, 0.29) is 31.9 Å². The standard InChI is InChI=1S/C9H16N2O5/c1-6(13)10-4-2-8(14)11-7(3-5-12)9(15)16/h7,12H,2-5H2,1H3,(H,10,13)(H,11,14)(H,15,16). The molecule has 0 spiro atoms. The molecule has 7 heteroatoms. The Labute approximate surface area is 92.8 Å². The predicted molar refractivity (Wildman–Crippen MR) is 54.6 cm³/mol. The van der Waals surface area contributed by atoms with Crippen molar-refractivity contribution in [1.82, 2.24) is 10.6 Å². The van der Waals surface area contributed by atoms with Gasteiger partial charge in [-0.15, -0.1) is 0 Å². The van der Waals surface area contributed by atoms with Gasteiger partial charge in [0.05, 0.1) is 0 Å². The smallest absolute Gasteiger partial charge is 0.326 e. The first-order chi connectivity index (χ1) is 7.47. The van der Waals surface area contributed by atoms with Gasteiger partial charge in [-0.1, -0.05) is 0 Å². The van der Waals surface area contributed by atoms with Crippen molar-refractivity contribution in [3.63, 3.8) is 0 Å². The molecule has 1 unspecified atom stereocenters. The molecule has 1 atom stereocenters. The third-order valence-electron chi connectivity index (χ3n) is 1.78. The van der Waals surface area contributed by atoms with E-state index in [1.54, 1.807) is 0 Å². The van der Waals surface area contributed by atoms with Gasteiger partial charge in [0.1, 0.15) is 6.04 Å². The van der Waals surface area contributed by atoms with Crippen LogP contribution in [0.5, 0.6) is 0 Å². The van der Waals surface area contributed by atoms with Gasteiger partial charge < -0.3 is 20.8 Å². The van der Waals surface area contributed by atoms with Crippen LogP contribution in [0.2, 0.25) is 0 Å². The van der Waals surface area contributed by atoms with Crippen LogP contribution in [0.1, 0.15) is 19.8 Å². The third kappa shape index (κ3) is 6.77. The molecule has 0 saturated heterocycles. The number of carbonyl (C=O) groups excluding carboxylic acids is 2. The minimum atomic E-state index is -1.19. The number of aliphatic hydroxyl groups is 1. The zero-order valence-electron chi connectivity index (χ0n) is 9.02. The lowest BCUT2D eigenvalue weighted by Crippen LogP contribution is -2.42. The average molecular weight is 232 g/mol. The molecule has 0 aliphatic heterocycles. The Balaban J connectivity index is 3.90. The zero-order valence-corrected chi connectivity index (χ0v) is 9.02. The van der Waals surface area contributed by atoms with Crippen LogP contribution in [0.3, 0.4) is 0 Å². The quantitative estimate of drug-likeness (QED) is 0.425. The van der Waals surface area contributed by atoms with E-state index in [9.17, 15) is 14.4 Å². The monoisotopic (exact) mass is 232 g/mol. The predicted octanol–water partition coefficient (Wildman–Crippen LogP) is -1.54. The number of carbonyl (C=O) groups is 3. The number of aliphatic carboxylic acids is 1. The number of aliphatic hydroxyl groups excluding tert-OH is 1. The summed E-state index contributed by atoms with van der Waals surface area (Å²) < 4.78 is 0. The summed E-state index contributed by atoms with van der Waals surface area (Å²) in [6.07, 6.45) is -0.0317. The Kier molecular flexibility index (Phi) is 6.86. The van der Waals surface area contributed by atoms with Crippen LogP contribution in [0.15, 0.2) is 0 Å². The second kappa shape index (κ2) is 7.63.